The number of hydrogen-bond donors (Lipinski definition) is 2. The van der Waals surface area contributed by atoms with Crippen LogP contribution in [-0.2, 0) is 15.1 Å². The number of carbonyl (C=O) groups is 1. The van der Waals surface area contributed by atoms with E-state index in [1.54, 1.807) is 11.1 Å². The smallest absolute Gasteiger partial charge is 0.351 e. The predicted octanol–water partition coefficient (Wildman–Crippen LogP) is 5.00. The number of rotatable bonds is 3. The van der Waals surface area contributed by atoms with Crippen molar-refractivity contribution in [2.75, 3.05) is 18.4 Å². The van der Waals surface area contributed by atoms with E-state index >= 15 is 0 Å². The molecule has 0 aliphatic carbocycles. The van der Waals surface area contributed by atoms with E-state index in [4.69, 9.17) is 9.68 Å². The van der Waals surface area contributed by atoms with Crippen molar-refractivity contribution >= 4 is 17.5 Å². The molecule has 4 rings (SSSR count). The first kappa shape index (κ1) is 21.3. The molecule has 6 nitrogen and oxygen atoms in total. The summed E-state index contributed by atoms with van der Waals surface area (Å²) in [6.45, 7) is 7.65. The number of hydrogen-bond acceptors (Lipinski definition) is 5. The van der Waals surface area contributed by atoms with Gasteiger partial charge in [0.2, 0.25) is 0 Å². The van der Waals surface area contributed by atoms with Gasteiger partial charge < -0.3 is 4.84 Å². The fourth-order valence-corrected chi connectivity index (χ4v) is 3.80. The quantitative estimate of drug-likeness (QED) is 0.725. The minimum atomic E-state index is -0.637. The normalized spacial score (nSPS) is 18.4. The van der Waals surface area contributed by atoms with Gasteiger partial charge >= 0.3 is 6.09 Å². The molecular formula is C24H28FN3O3. The first-order chi connectivity index (χ1) is 14.7. The Balaban J connectivity index is 1.33. The molecule has 0 atom stereocenters. The van der Waals surface area contributed by atoms with Gasteiger partial charge in [-0.15, -0.1) is 5.06 Å². The number of anilines is 1. The van der Waals surface area contributed by atoms with E-state index in [9.17, 15) is 9.18 Å². The van der Waals surface area contributed by atoms with E-state index in [-0.39, 0.29) is 5.41 Å². The Labute approximate surface area is 181 Å². The Morgan fingerprint density at radius 1 is 1.16 bits per heavy atom. The molecule has 1 saturated heterocycles. The number of hydroxylamine groups is 3. The van der Waals surface area contributed by atoms with Crippen LogP contribution in [0.4, 0.5) is 14.9 Å². The van der Waals surface area contributed by atoms with Crippen LogP contribution >= 0.6 is 0 Å². The Bertz CT molecular complexity index is 974. The van der Waals surface area contributed by atoms with Gasteiger partial charge in [-0.05, 0) is 53.7 Å². The summed E-state index contributed by atoms with van der Waals surface area (Å²) < 4.78 is 13.2. The van der Waals surface area contributed by atoms with Crippen LogP contribution in [0, 0.1) is 5.82 Å². The van der Waals surface area contributed by atoms with E-state index < -0.39 is 17.5 Å². The van der Waals surface area contributed by atoms with Crippen LogP contribution in [0.5, 0.6) is 0 Å². The second-order valence-electron chi connectivity index (χ2n) is 9.10. The van der Waals surface area contributed by atoms with E-state index in [0.29, 0.717) is 31.6 Å². The van der Waals surface area contributed by atoms with Crippen LogP contribution in [0.1, 0.15) is 44.7 Å². The van der Waals surface area contributed by atoms with Crippen LogP contribution in [0.2, 0.25) is 0 Å². The maximum atomic E-state index is 13.2. The second kappa shape index (κ2) is 8.32. The molecule has 2 aromatic carbocycles. The number of carbonyl (C=O) groups excluding carboxylic acids is 1. The minimum absolute atomic E-state index is 0.113. The fraction of sp³-hybridized carbons (Fsp3) is 0.375. The van der Waals surface area contributed by atoms with Gasteiger partial charge in [-0.25, -0.2) is 9.18 Å². The summed E-state index contributed by atoms with van der Waals surface area (Å²) >= 11 is 0. The molecule has 2 N–H and O–H groups in total. The zero-order chi connectivity index (χ0) is 22.1. The number of nitrogens with zero attached hydrogens (tertiary/aromatic N) is 1. The minimum Gasteiger partial charge on any atom is -0.351 e. The van der Waals surface area contributed by atoms with Crippen molar-refractivity contribution < 1.29 is 18.9 Å². The summed E-state index contributed by atoms with van der Waals surface area (Å²) in [5, 5.41) is 4.14. The summed E-state index contributed by atoms with van der Waals surface area (Å²) in [5.74, 6) is -0.417. The summed E-state index contributed by atoms with van der Waals surface area (Å²) in [4.78, 5) is 23.4. The molecule has 0 aromatic heterocycles. The van der Waals surface area contributed by atoms with E-state index in [1.807, 2.05) is 0 Å². The van der Waals surface area contributed by atoms with Crippen LogP contribution in [0.25, 0.3) is 5.70 Å². The van der Waals surface area contributed by atoms with Crippen molar-refractivity contribution in [2.24, 2.45) is 0 Å². The molecule has 0 radical (unpaired) electrons. The molecule has 2 aliphatic heterocycles. The fourth-order valence-electron chi connectivity index (χ4n) is 3.80. The van der Waals surface area contributed by atoms with Crippen molar-refractivity contribution in [3.63, 3.8) is 0 Å². The molecule has 1 amide bonds. The number of nitrogens with one attached hydrogen (secondary N) is 2. The average molecular weight is 426 g/mol. The lowest BCUT2D eigenvalue weighted by molar-refractivity contribution is -0.153. The number of piperidine rings is 1. The molecule has 164 valence electrons. The van der Waals surface area contributed by atoms with Gasteiger partial charge in [0.05, 0.1) is 5.70 Å². The molecule has 31 heavy (non-hydrogen) atoms. The van der Waals surface area contributed by atoms with Gasteiger partial charge in [0.25, 0.3) is 0 Å². The Morgan fingerprint density at radius 3 is 2.52 bits per heavy atom. The first-order valence-electron chi connectivity index (χ1n) is 10.5. The monoisotopic (exact) mass is 425 g/mol. The zero-order valence-electron chi connectivity index (χ0n) is 18.1. The lowest BCUT2D eigenvalue weighted by Crippen LogP contribution is -2.45. The van der Waals surface area contributed by atoms with Crippen molar-refractivity contribution in [1.29, 1.82) is 0 Å². The molecule has 2 aromatic rings. The van der Waals surface area contributed by atoms with Crippen molar-refractivity contribution in [1.82, 2.24) is 10.5 Å². The van der Waals surface area contributed by atoms with Gasteiger partial charge in [-0.3, -0.25) is 15.6 Å². The van der Waals surface area contributed by atoms with Crippen molar-refractivity contribution in [3.05, 3.63) is 71.6 Å². The van der Waals surface area contributed by atoms with Crippen LogP contribution in [0.15, 0.2) is 54.6 Å². The third kappa shape index (κ3) is 5.06. The third-order valence-electron chi connectivity index (χ3n) is 5.69. The maximum Gasteiger partial charge on any atom is 0.430 e. The average Bonchev–Trinajstić information content (AvgIpc) is 3.13. The number of benzene rings is 2. The molecule has 2 heterocycles. The highest BCUT2D eigenvalue weighted by Gasteiger charge is 2.39. The second-order valence-corrected chi connectivity index (χ2v) is 9.10. The standard InChI is InChI=1S/C24H28FN3O3/c1-23(2,3)18-9-7-17(8-10-18)21-16-24(31-27-21)11-13-28(14-12-24)30-22(29)26-20-6-4-5-19(25)15-20/h4-10,15-16,27H,11-14H2,1-3H3,(H,26,29). The van der Waals surface area contributed by atoms with Gasteiger partial charge in [0.1, 0.15) is 11.4 Å². The Kier molecular flexibility index (Phi) is 5.73. The Hall–Kier alpha value is -2.90. The number of halogens is 1. The van der Waals surface area contributed by atoms with Crippen molar-refractivity contribution in [3.8, 4) is 0 Å². The highest BCUT2D eigenvalue weighted by Crippen LogP contribution is 2.35. The zero-order valence-corrected chi connectivity index (χ0v) is 18.1. The lowest BCUT2D eigenvalue weighted by Gasteiger charge is -2.35. The van der Waals surface area contributed by atoms with Crippen LogP contribution < -0.4 is 10.8 Å². The highest BCUT2D eigenvalue weighted by molar-refractivity contribution is 5.84. The highest BCUT2D eigenvalue weighted by atomic mass is 19.1. The molecule has 0 bridgehead atoms. The van der Waals surface area contributed by atoms with Crippen LogP contribution in [-0.4, -0.2) is 29.8 Å². The summed E-state index contributed by atoms with van der Waals surface area (Å²) in [7, 11) is 0. The third-order valence-corrected chi connectivity index (χ3v) is 5.69. The van der Waals surface area contributed by atoms with Gasteiger partial charge in [-0.2, -0.15) is 0 Å². The molecular weight excluding hydrogens is 397 g/mol. The Morgan fingerprint density at radius 2 is 1.87 bits per heavy atom. The molecule has 1 spiro atoms. The molecule has 7 heteroatoms. The van der Waals surface area contributed by atoms with E-state index in [2.05, 4.69) is 61.9 Å². The van der Waals surface area contributed by atoms with E-state index in [0.717, 1.165) is 11.3 Å². The van der Waals surface area contributed by atoms with Crippen molar-refractivity contribution in [2.45, 2.75) is 44.6 Å². The maximum absolute atomic E-state index is 13.2. The SMILES string of the molecule is CC(C)(C)c1ccc(C2=CC3(CCN(OC(=O)Nc4cccc(F)c4)CC3)ON2)cc1. The first-order valence-corrected chi connectivity index (χ1v) is 10.5. The predicted molar refractivity (Wildman–Crippen MR) is 117 cm³/mol. The lowest BCUT2D eigenvalue weighted by atomic mass is 9.86. The summed E-state index contributed by atoms with van der Waals surface area (Å²) in [6, 6.07) is 14.2. The topological polar surface area (TPSA) is 62.8 Å². The largest absolute Gasteiger partial charge is 0.430 e. The van der Waals surface area contributed by atoms with Gasteiger partial charge in [0.15, 0.2) is 0 Å². The van der Waals surface area contributed by atoms with Gasteiger partial charge in [-0.1, -0.05) is 51.1 Å². The molecule has 0 saturated carbocycles. The van der Waals surface area contributed by atoms with Gasteiger partial charge in [0, 0.05) is 18.8 Å². The molecule has 2 aliphatic rings. The summed E-state index contributed by atoms with van der Waals surface area (Å²) in [5.41, 5.74) is 6.44. The summed E-state index contributed by atoms with van der Waals surface area (Å²) in [6.07, 6.45) is 2.85. The molecule has 0 unspecified atom stereocenters. The number of amides is 1. The van der Waals surface area contributed by atoms with E-state index in [1.165, 1.54) is 23.8 Å². The molecule has 1 fully saturated rings. The van der Waals surface area contributed by atoms with Crippen LogP contribution in [0.3, 0.4) is 0 Å².